The normalized spacial score (nSPS) is 27.0. The van der Waals surface area contributed by atoms with E-state index >= 15 is 0 Å². The van der Waals surface area contributed by atoms with Crippen LogP contribution < -0.4 is 15.2 Å². The predicted octanol–water partition coefficient (Wildman–Crippen LogP) is 3.87. The van der Waals surface area contributed by atoms with Crippen molar-refractivity contribution >= 4 is 5.69 Å². The highest BCUT2D eigenvalue weighted by atomic mass is 16.5. The van der Waals surface area contributed by atoms with E-state index in [4.69, 9.17) is 15.2 Å². The Labute approximate surface area is 116 Å². The van der Waals surface area contributed by atoms with Crippen LogP contribution >= 0.6 is 0 Å². The van der Waals surface area contributed by atoms with Crippen molar-refractivity contribution in [1.29, 1.82) is 0 Å². The van der Waals surface area contributed by atoms with E-state index in [1.165, 1.54) is 6.42 Å². The Morgan fingerprint density at radius 3 is 2.47 bits per heavy atom. The minimum atomic E-state index is 0.317. The Bertz CT molecular complexity index is 409. The van der Waals surface area contributed by atoms with Gasteiger partial charge in [0.2, 0.25) is 0 Å². The van der Waals surface area contributed by atoms with Crippen molar-refractivity contribution in [3.05, 3.63) is 18.2 Å². The Balaban J connectivity index is 2.04. The lowest BCUT2D eigenvalue weighted by atomic mass is 9.82. The molecule has 3 nitrogen and oxygen atoms in total. The zero-order valence-electron chi connectivity index (χ0n) is 12.2. The van der Waals surface area contributed by atoms with Crippen LogP contribution in [0.4, 0.5) is 5.69 Å². The lowest BCUT2D eigenvalue weighted by Crippen LogP contribution is -2.28. The maximum atomic E-state index is 6.10. The molecule has 0 amide bonds. The number of nitrogens with two attached hydrogens (primary N) is 1. The molecule has 106 valence electrons. The lowest BCUT2D eigenvalue weighted by Gasteiger charge is -2.31. The minimum absolute atomic E-state index is 0.317. The Morgan fingerprint density at radius 1 is 1.16 bits per heavy atom. The number of hydrogen-bond acceptors (Lipinski definition) is 3. The van der Waals surface area contributed by atoms with Gasteiger partial charge in [-0.2, -0.15) is 0 Å². The molecule has 2 unspecified atom stereocenters. The summed E-state index contributed by atoms with van der Waals surface area (Å²) in [5.41, 5.74) is 6.54. The topological polar surface area (TPSA) is 44.5 Å². The number of hydrogen-bond donors (Lipinski definition) is 1. The lowest BCUT2D eigenvalue weighted by molar-refractivity contribution is 0.101. The van der Waals surface area contributed by atoms with Crippen molar-refractivity contribution < 1.29 is 9.47 Å². The zero-order chi connectivity index (χ0) is 13.8. The molecule has 1 aromatic rings. The van der Waals surface area contributed by atoms with Crippen LogP contribution in [0.25, 0.3) is 0 Å². The third-order valence-electron chi connectivity index (χ3n) is 3.72. The summed E-state index contributed by atoms with van der Waals surface area (Å²) < 4.78 is 11.6. The molecule has 1 saturated carbocycles. The van der Waals surface area contributed by atoms with Gasteiger partial charge in [-0.05, 0) is 50.2 Å². The highest BCUT2D eigenvalue weighted by molar-refractivity contribution is 5.55. The van der Waals surface area contributed by atoms with E-state index < -0.39 is 0 Å². The summed E-state index contributed by atoms with van der Waals surface area (Å²) in [6, 6.07) is 5.70. The molecule has 1 aliphatic rings. The van der Waals surface area contributed by atoms with Crippen LogP contribution in [0.1, 0.15) is 40.0 Å². The third-order valence-corrected chi connectivity index (χ3v) is 3.72. The summed E-state index contributed by atoms with van der Waals surface area (Å²) >= 11 is 0. The Kier molecular flexibility index (Phi) is 4.56. The van der Waals surface area contributed by atoms with Crippen LogP contribution in [0.2, 0.25) is 0 Å². The van der Waals surface area contributed by atoms with Gasteiger partial charge in [0.05, 0.1) is 18.4 Å². The number of anilines is 1. The van der Waals surface area contributed by atoms with Crippen LogP contribution in [0.15, 0.2) is 18.2 Å². The third kappa shape index (κ3) is 3.79. The molecule has 2 atom stereocenters. The zero-order valence-corrected chi connectivity index (χ0v) is 12.2. The van der Waals surface area contributed by atoms with Crippen molar-refractivity contribution in [2.45, 2.75) is 46.1 Å². The van der Waals surface area contributed by atoms with E-state index in [2.05, 4.69) is 13.8 Å². The summed E-state index contributed by atoms with van der Waals surface area (Å²) in [5, 5.41) is 0. The first-order chi connectivity index (χ1) is 9.08. The van der Waals surface area contributed by atoms with Crippen LogP contribution in [0, 0.1) is 11.8 Å². The van der Waals surface area contributed by atoms with Crippen molar-refractivity contribution in [1.82, 2.24) is 0 Å². The van der Waals surface area contributed by atoms with E-state index in [0.717, 1.165) is 36.2 Å². The second-order valence-electron chi connectivity index (χ2n) is 5.79. The molecule has 0 aliphatic heterocycles. The average molecular weight is 263 g/mol. The summed E-state index contributed by atoms with van der Waals surface area (Å²) in [6.45, 7) is 7.18. The second-order valence-corrected chi connectivity index (χ2v) is 5.79. The first-order valence-electron chi connectivity index (χ1n) is 7.27. The molecule has 0 saturated heterocycles. The highest BCUT2D eigenvalue weighted by Gasteiger charge is 2.25. The summed E-state index contributed by atoms with van der Waals surface area (Å²) in [7, 11) is 0. The van der Waals surface area contributed by atoms with Gasteiger partial charge in [0.1, 0.15) is 11.5 Å². The molecule has 0 spiro atoms. The number of benzene rings is 1. The monoisotopic (exact) mass is 263 g/mol. The van der Waals surface area contributed by atoms with E-state index in [1.807, 2.05) is 25.1 Å². The van der Waals surface area contributed by atoms with Gasteiger partial charge in [-0.3, -0.25) is 0 Å². The standard InChI is InChI=1S/C16H25NO2/c1-4-18-16-10-13(5-6-15(16)17)19-14-8-11(2)7-12(3)9-14/h5-6,10-12,14H,4,7-9,17H2,1-3H3. The van der Waals surface area contributed by atoms with E-state index in [9.17, 15) is 0 Å². The molecule has 0 bridgehead atoms. The maximum Gasteiger partial charge on any atom is 0.145 e. The molecule has 0 aromatic heterocycles. The van der Waals surface area contributed by atoms with Crippen LogP contribution in [0.3, 0.4) is 0 Å². The van der Waals surface area contributed by atoms with Gasteiger partial charge in [-0.15, -0.1) is 0 Å². The van der Waals surface area contributed by atoms with Crippen molar-refractivity contribution in [3.8, 4) is 11.5 Å². The number of rotatable bonds is 4. The molecule has 19 heavy (non-hydrogen) atoms. The van der Waals surface area contributed by atoms with Gasteiger partial charge >= 0.3 is 0 Å². The second kappa shape index (κ2) is 6.18. The molecule has 0 heterocycles. The molecule has 3 heteroatoms. The largest absolute Gasteiger partial charge is 0.492 e. The fraction of sp³-hybridized carbons (Fsp3) is 0.625. The highest BCUT2D eigenvalue weighted by Crippen LogP contribution is 2.33. The maximum absolute atomic E-state index is 6.10. The first-order valence-corrected chi connectivity index (χ1v) is 7.27. The smallest absolute Gasteiger partial charge is 0.145 e. The molecule has 1 aliphatic carbocycles. The number of ether oxygens (including phenoxy) is 2. The fourth-order valence-electron chi connectivity index (χ4n) is 3.03. The van der Waals surface area contributed by atoms with Crippen LogP contribution in [-0.2, 0) is 0 Å². The minimum Gasteiger partial charge on any atom is -0.492 e. The number of nitrogen functional groups attached to an aromatic ring is 1. The molecular formula is C16H25NO2. The molecule has 2 rings (SSSR count). The fourth-order valence-corrected chi connectivity index (χ4v) is 3.03. The average Bonchev–Trinajstić information content (AvgIpc) is 2.32. The van der Waals surface area contributed by atoms with Crippen molar-refractivity contribution in [2.75, 3.05) is 12.3 Å². The molecule has 2 N–H and O–H groups in total. The Morgan fingerprint density at radius 2 is 1.84 bits per heavy atom. The summed E-state index contributed by atoms with van der Waals surface area (Å²) in [5.74, 6) is 3.07. The van der Waals surface area contributed by atoms with E-state index in [1.54, 1.807) is 0 Å². The quantitative estimate of drug-likeness (QED) is 0.839. The summed E-state index contributed by atoms with van der Waals surface area (Å²) in [6.07, 6.45) is 3.90. The molecular weight excluding hydrogens is 238 g/mol. The summed E-state index contributed by atoms with van der Waals surface area (Å²) in [4.78, 5) is 0. The molecule has 0 radical (unpaired) electrons. The van der Waals surface area contributed by atoms with Crippen LogP contribution in [0.5, 0.6) is 11.5 Å². The predicted molar refractivity (Wildman–Crippen MR) is 78.6 cm³/mol. The van der Waals surface area contributed by atoms with Gasteiger partial charge in [0, 0.05) is 6.07 Å². The van der Waals surface area contributed by atoms with Gasteiger partial charge in [-0.25, -0.2) is 0 Å². The van der Waals surface area contributed by atoms with E-state index in [-0.39, 0.29) is 0 Å². The van der Waals surface area contributed by atoms with Crippen LogP contribution in [-0.4, -0.2) is 12.7 Å². The van der Waals surface area contributed by atoms with Gasteiger partial charge < -0.3 is 15.2 Å². The first kappa shape index (κ1) is 14.0. The van der Waals surface area contributed by atoms with Crippen molar-refractivity contribution in [3.63, 3.8) is 0 Å². The SMILES string of the molecule is CCOc1cc(OC2CC(C)CC(C)C2)ccc1N. The Hall–Kier alpha value is -1.38. The molecule has 1 fully saturated rings. The van der Waals surface area contributed by atoms with Gasteiger partial charge in [0.25, 0.3) is 0 Å². The van der Waals surface area contributed by atoms with Gasteiger partial charge in [-0.1, -0.05) is 13.8 Å². The molecule has 1 aromatic carbocycles. The van der Waals surface area contributed by atoms with Crippen molar-refractivity contribution in [2.24, 2.45) is 11.8 Å². The van der Waals surface area contributed by atoms with Gasteiger partial charge in [0.15, 0.2) is 0 Å². The van der Waals surface area contributed by atoms with E-state index in [0.29, 0.717) is 18.4 Å².